The number of barbiturate groups is 1. The molecule has 0 radical (unpaired) electrons. The van der Waals surface area contributed by atoms with E-state index in [-0.39, 0.29) is 17.9 Å². The van der Waals surface area contributed by atoms with Crippen molar-refractivity contribution >= 4 is 51.2 Å². The number of carbonyl (C=O) groups excluding carboxylic acids is 3. The normalized spacial score (nSPS) is 14.5. The summed E-state index contributed by atoms with van der Waals surface area (Å²) in [7, 11) is 1.43. The average molecular weight is 566 g/mol. The van der Waals surface area contributed by atoms with Crippen molar-refractivity contribution in [3.05, 3.63) is 97.5 Å². The zero-order chi connectivity index (χ0) is 26.7. The van der Waals surface area contributed by atoms with E-state index in [0.717, 1.165) is 4.90 Å². The lowest BCUT2D eigenvalue weighted by molar-refractivity contribution is -0.384. The third-order valence-electron chi connectivity index (χ3n) is 5.56. The number of imide groups is 2. The largest absolute Gasteiger partial charge is 0.493 e. The summed E-state index contributed by atoms with van der Waals surface area (Å²) in [5.41, 5.74) is 1.78. The molecule has 37 heavy (non-hydrogen) atoms. The summed E-state index contributed by atoms with van der Waals surface area (Å²) < 4.78 is 11.7. The van der Waals surface area contributed by atoms with Gasteiger partial charge in [0.25, 0.3) is 17.5 Å². The SMILES string of the molecule is COc1cc(/C=C2\C(=O)NC(=O)N(c3ccccc3C)C2=O)c(Br)cc1OCc1cccc([N+](=O)[O-])c1. The van der Waals surface area contributed by atoms with E-state index in [1.807, 2.05) is 0 Å². The number of benzene rings is 3. The summed E-state index contributed by atoms with van der Waals surface area (Å²) in [5.74, 6) is -0.952. The Kier molecular flexibility index (Phi) is 7.35. The Bertz CT molecular complexity index is 1470. The maximum absolute atomic E-state index is 13.2. The molecule has 11 heteroatoms. The van der Waals surface area contributed by atoms with Crippen molar-refractivity contribution in [2.45, 2.75) is 13.5 Å². The van der Waals surface area contributed by atoms with Gasteiger partial charge in [-0.1, -0.05) is 46.3 Å². The van der Waals surface area contributed by atoms with Crippen LogP contribution in [-0.2, 0) is 16.2 Å². The molecule has 3 aromatic rings. The average Bonchev–Trinajstić information content (AvgIpc) is 2.87. The van der Waals surface area contributed by atoms with Gasteiger partial charge < -0.3 is 9.47 Å². The van der Waals surface area contributed by atoms with Crippen LogP contribution in [0.15, 0.2) is 70.7 Å². The van der Waals surface area contributed by atoms with E-state index < -0.39 is 22.8 Å². The van der Waals surface area contributed by atoms with Crippen molar-refractivity contribution < 1.29 is 28.8 Å². The third-order valence-corrected chi connectivity index (χ3v) is 6.24. The minimum absolute atomic E-state index is 0.0410. The van der Waals surface area contributed by atoms with Crippen LogP contribution in [0, 0.1) is 17.0 Å². The predicted octanol–water partition coefficient (Wildman–Crippen LogP) is 4.92. The Morgan fingerprint density at radius 2 is 1.81 bits per heavy atom. The van der Waals surface area contributed by atoms with E-state index in [2.05, 4.69) is 21.2 Å². The molecule has 0 unspecified atom stereocenters. The highest BCUT2D eigenvalue weighted by molar-refractivity contribution is 9.10. The number of amides is 4. The first-order chi connectivity index (χ1) is 17.7. The number of para-hydroxylation sites is 1. The molecule has 0 aliphatic carbocycles. The van der Waals surface area contributed by atoms with Gasteiger partial charge in [-0.15, -0.1) is 0 Å². The molecule has 0 saturated carbocycles. The first kappa shape index (κ1) is 25.6. The number of nitro groups is 1. The van der Waals surface area contributed by atoms with Crippen LogP contribution in [0.3, 0.4) is 0 Å². The van der Waals surface area contributed by atoms with E-state index in [1.54, 1.807) is 55.5 Å². The van der Waals surface area contributed by atoms with Crippen LogP contribution in [0.25, 0.3) is 6.08 Å². The number of aryl methyl sites for hydroxylation is 1. The van der Waals surface area contributed by atoms with E-state index in [0.29, 0.717) is 38.3 Å². The van der Waals surface area contributed by atoms with Gasteiger partial charge in [-0.05, 0) is 47.9 Å². The van der Waals surface area contributed by atoms with E-state index >= 15 is 0 Å². The standard InChI is InChI=1S/C26H20BrN3O7/c1-15-6-3-4-9-21(15)29-25(32)19(24(31)28-26(29)33)11-17-12-22(36-2)23(13-20(17)27)37-14-16-7-5-8-18(10-16)30(34)35/h3-13H,14H2,1-2H3,(H,28,31,33)/b19-11+. The Balaban J connectivity index is 1.64. The minimum atomic E-state index is -0.831. The fourth-order valence-corrected chi connectivity index (χ4v) is 4.14. The van der Waals surface area contributed by atoms with Crippen LogP contribution in [0.2, 0.25) is 0 Å². The first-order valence-corrected chi connectivity index (χ1v) is 11.7. The van der Waals surface area contributed by atoms with Gasteiger partial charge >= 0.3 is 6.03 Å². The van der Waals surface area contributed by atoms with E-state index in [4.69, 9.17) is 9.47 Å². The molecule has 1 aliphatic rings. The maximum Gasteiger partial charge on any atom is 0.335 e. The van der Waals surface area contributed by atoms with Gasteiger partial charge in [-0.2, -0.15) is 0 Å². The Hall–Kier alpha value is -4.51. The quantitative estimate of drug-likeness (QED) is 0.186. The molecule has 4 amide bonds. The maximum atomic E-state index is 13.2. The summed E-state index contributed by atoms with van der Waals surface area (Å²) in [6.07, 6.45) is 1.35. The molecule has 0 spiro atoms. The topological polar surface area (TPSA) is 128 Å². The molecule has 0 bridgehead atoms. The minimum Gasteiger partial charge on any atom is -0.493 e. The van der Waals surface area contributed by atoms with E-state index in [9.17, 15) is 24.5 Å². The Morgan fingerprint density at radius 3 is 2.51 bits per heavy atom. The van der Waals surface area contributed by atoms with Crippen LogP contribution in [0.4, 0.5) is 16.2 Å². The summed E-state index contributed by atoms with van der Waals surface area (Å²) in [4.78, 5) is 49.7. The summed E-state index contributed by atoms with van der Waals surface area (Å²) in [6.45, 7) is 1.79. The summed E-state index contributed by atoms with van der Waals surface area (Å²) in [5, 5.41) is 13.2. The molecule has 3 aromatic carbocycles. The van der Waals surface area contributed by atoms with Crippen LogP contribution < -0.4 is 19.7 Å². The van der Waals surface area contributed by atoms with Crippen LogP contribution >= 0.6 is 15.9 Å². The van der Waals surface area contributed by atoms with Gasteiger partial charge in [0, 0.05) is 16.6 Å². The number of non-ortho nitro benzene ring substituents is 1. The number of methoxy groups -OCH3 is 1. The second-order valence-corrected chi connectivity index (χ2v) is 8.84. The molecule has 188 valence electrons. The lowest BCUT2D eigenvalue weighted by Gasteiger charge is -2.27. The molecule has 0 aromatic heterocycles. The number of ether oxygens (including phenoxy) is 2. The highest BCUT2D eigenvalue weighted by atomic mass is 79.9. The van der Waals surface area contributed by atoms with Crippen molar-refractivity contribution in [1.29, 1.82) is 0 Å². The number of nitrogens with one attached hydrogen (secondary N) is 1. The number of nitrogens with zero attached hydrogens (tertiary/aromatic N) is 2. The van der Waals surface area contributed by atoms with Crippen molar-refractivity contribution in [3.63, 3.8) is 0 Å². The Labute approximate surface area is 219 Å². The highest BCUT2D eigenvalue weighted by Gasteiger charge is 2.37. The second kappa shape index (κ2) is 10.6. The molecule has 1 aliphatic heterocycles. The Morgan fingerprint density at radius 1 is 1.05 bits per heavy atom. The number of halogens is 1. The number of anilines is 1. The zero-order valence-electron chi connectivity index (χ0n) is 19.7. The van der Waals surface area contributed by atoms with Crippen LogP contribution in [0.1, 0.15) is 16.7 Å². The molecular formula is C26H20BrN3O7. The number of nitro benzene ring substituents is 1. The van der Waals surface area contributed by atoms with Gasteiger partial charge in [0.05, 0.1) is 17.7 Å². The van der Waals surface area contributed by atoms with Crippen molar-refractivity contribution in [2.24, 2.45) is 0 Å². The monoisotopic (exact) mass is 565 g/mol. The molecular weight excluding hydrogens is 546 g/mol. The van der Waals surface area contributed by atoms with Crippen molar-refractivity contribution in [1.82, 2.24) is 5.32 Å². The fraction of sp³-hybridized carbons (Fsp3) is 0.115. The number of carbonyl (C=O) groups is 3. The smallest absolute Gasteiger partial charge is 0.335 e. The fourth-order valence-electron chi connectivity index (χ4n) is 3.70. The van der Waals surface area contributed by atoms with Gasteiger partial charge in [-0.25, -0.2) is 9.69 Å². The molecule has 1 N–H and O–H groups in total. The van der Waals surface area contributed by atoms with Gasteiger partial charge in [-0.3, -0.25) is 25.0 Å². The highest BCUT2D eigenvalue weighted by Crippen LogP contribution is 2.36. The third kappa shape index (κ3) is 5.36. The van der Waals surface area contributed by atoms with Gasteiger partial charge in [0.15, 0.2) is 11.5 Å². The lowest BCUT2D eigenvalue weighted by Crippen LogP contribution is -2.54. The number of rotatable bonds is 7. The molecule has 1 heterocycles. The van der Waals surface area contributed by atoms with Gasteiger partial charge in [0.1, 0.15) is 12.2 Å². The number of hydrogen-bond donors (Lipinski definition) is 1. The molecule has 4 rings (SSSR count). The molecule has 1 fully saturated rings. The summed E-state index contributed by atoms with van der Waals surface area (Å²) in [6, 6.07) is 15.2. The van der Waals surface area contributed by atoms with Crippen molar-refractivity contribution in [3.8, 4) is 11.5 Å². The second-order valence-electron chi connectivity index (χ2n) is 7.98. The summed E-state index contributed by atoms with van der Waals surface area (Å²) >= 11 is 3.42. The van der Waals surface area contributed by atoms with Crippen LogP contribution in [-0.4, -0.2) is 29.9 Å². The van der Waals surface area contributed by atoms with E-state index in [1.165, 1.54) is 25.3 Å². The molecule has 0 atom stereocenters. The van der Waals surface area contributed by atoms with Crippen LogP contribution in [0.5, 0.6) is 11.5 Å². The van der Waals surface area contributed by atoms with Gasteiger partial charge in [0.2, 0.25) is 0 Å². The number of hydrogen-bond acceptors (Lipinski definition) is 7. The lowest BCUT2D eigenvalue weighted by atomic mass is 10.1. The first-order valence-electron chi connectivity index (χ1n) is 10.9. The molecule has 1 saturated heterocycles. The predicted molar refractivity (Wildman–Crippen MR) is 138 cm³/mol. The molecule has 10 nitrogen and oxygen atoms in total. The van der Waals surface area contributed by atoms with Crippen molar-refractivity contribution in [2.75, 3.05) is 12.0 Å². The number of urea groups is 1. The zero-order valence-corrected chi connectivity index (χ0v) is 21.3.